The molecule has 0 aromatic carbocycles. The van der Waals surface area contributed by atoms with Crippen molar-refractivity contribution >= 4 is 22.0 Å². The average molecular weight is 297 g/mol. The first-order valence-electron chi connectivity index (χ1n) is 6.16. The molecule has 0 atom stereocenters. The van der Waals surface area contributed by atoms with Gasteiger partial charge in [0.15, 0.2) is 5.01 Å². The van der Waals surface area contributed by atoms with Gasteiger partial charge in [0, 0.05) is 12.3 Å². The lowest BCUT2D eigenvalue weighted by Gasteiger charge is -1.87. The monoisotopic (exact) mass is 297 g/mol. The first kappa shape index (κ1) is 10.8. The minimum Gasteiger partial charge on any atom is -0.445 e. The third kappa shape index (κ3) is 1.54. The Morgan fingerprint density at radius 3 is 3.00 bits per heavy atom. The molecule has 0 radical (unpaired) electrons. The minimum atomic E-state index is 0.687. The number of H-pyrrole nitrogens is 1. The maximum absolute atomic E-state index is 5.29. The molecular weight excluding hydrogens is 290 g/mol. The molecule has 0 saturated heterocycles. The van der Waals surface area contributed by atoms with E-state index in [1.165, 1.54) is 11.3 Å². The molecule has 1 N–H and O–H groups in total. The molecule has 5 aromatic rings. The number of hydrogen-bond donors (Lipinski definition) is 1. The number of rotatable bonds is 2. The third-order valence-electron chi connectivity index (χ3n) is 3.13. The van der Waals surface area contributed by atoms with Crippen molar-refractivity contribution in [3.63, 3.8) is 0 Å². The summed E-state index contributed by atoms with van der Waals surface area (Å²) in [7, 11) is 0. The second-order valence-corrected chi connectivity index (χ2v) is 5.40. The Balaban J connectivity index is 1.62. The van der Waals surface area contributed by atoms with Crippen molar-refractivity contribution < 1.29 is 4.42 Å². The second-order valence-electron chi connectivity index (χ2n) is 4.45. The highest BCUT2D eigenvalue weighted by atomic mass is 32.1. The largest absolute Gasteiger partial charge is 0.445 e. The molecule has 0 saturated carbocycles. The zero-order valence-electron chi connectivity index (χ0n) is 10.5. The molecule has 5 heterocycles. The molecule has 0 aliphatic carbocycles. The molecule has 0 aliphatic heterocycles. The standard InChI is InChI=1S/C12H7N7OS/c1-2-13-15-7(1)11-17-19-6-9(14-12(19)21-11)8-5-10-18(16-8)3-4-20-10/h1-6H,(H,13,15). The van der Waals surface area contributed by atoms with Crippen LogP contribution >= 0.6 is 11.3 Å². The van der Waals surface area contributed by atoms with Crippen LogP contribution in [0.5, 0.6) is 0 Å². The van der Waals surface area contributed by atoms with Gasteiger partial charge in [-0.3, -0.25) is 5.10 Å². The molecule has 5 rings (SSSR count). The summed E-state index contributed by atoms with van der Waals surface area (Å²) in [5.41, 5.74) is 3.10. The van der Waals surface area contributed by atoms with Crippen LogP contribution in [0.3, 0.4) is 0 Å². The summed E-state index contributed by atoms with van der Waals surface area (Å²) in [5.74, 6) is 0. The molecule has 8 nitrogen and oxygen atoms in total. The number of fused-ring (bicyclic) bond motifs is 2. The molecule has 9 heteroatoms. The molecule has 0 amide bonds. The summed E-state index contributed by atoms with van der Waals surface area (Å²) in [6.07, 6.45) is 6.90. The maximum atomic E-state index is 5.29. The first-order chi connectivity index (χ1) is 10.4. The first-order valence-corrected chi connectivity index (χ1v) is 6.98. The summed E-state index contributed by atoms with van der Waals surface area (Å²) in [6, 6.07) is 3.73. The lowest BCUT2D eigenvalue weighted by Crippen LogP contribution is -1.84. The van der Waals surface area contributed by atoms with Gasteiger partial charge >= 0.3 is 0 Å². The fourth-order valence-electron chi connectivity index (χ4n) is 2.16. The number of oxazole rings is 1. The van der Waals surface area contributed by atoms with Crippen LogP contribution in [0.25, 0.3) is 32.8 Å². The Hall–Kier alpha value is -2.94. The predicted molar refractivity (Wildman–Crippen MR) is 74.9 cm³/mol. The van der Waals surface area contributed by atoms with E-state index in [1.54, 1.807) is 27.7 Å². The molecule has 5 aromatic heterocycles. The van der Waals surface area contributed by atoms with Crippen molar-refractivity contribution in [1.82, 2.24) is 34.4 Å². The summed E-state index contributed by atoms with van der Waals surface area (Å²) < 4.78 is 8.71. The Morgan fingerprint density at radius 2 is 2.19 bits per heavy atom. The van der Waals surface area contributed by atoms with Crippen LogP contribution in [-0.4, -0.2) is 34.4 Å². The van der Waals surface area contributed by atoms with Gasteiger partial charge in [-0.2, -0.15) is 15.3 Å². The van der Waals surface area contributed by atoms with E-state index in [9.17, 15) is 0 Å². The Labute approximate surface area is 120 Å². The average Bonchev–Trinajstić information content (AvgIpc) is 3.23. The van der Waals surface area contributed by atoms with E-state index in [-0.39, 0.29) is 0 Å². The molecule has 0 aliphatic rings. The van der Waals surface area contributed by atoms with Gasteiger partial charge in [-0.15, -0.1) is 0 Å². The topological polar surface area (TPSA) is 89.3 Å². The Bertz CT molecular complexity index is 988. The van der Waals surface area contributed by atoms with Gasteiger partial charge < -0.3 is 4.42 Å². The van der Waals surface area contributed by atoms with Gasteiger partial charge in [0.2, 0.25) is 10.7 Å². The molecular formula is C12H7N7OS. The van der Waals surface area contributed by atoms with E-state index in [0.717, 1.165) is 27.1 Å². The van der Waals surface area contributed by atoms with E-state index in [4.69, 9.17) is 4.42 Å². The van der Waals surface area contributed by atoms with Crippen LogP contribution in [0, 0.1) is 0 Å². The van der Waals surface area contributed by atoms with Crippen LogP contribution in [0.1, 0.15) is 0 Å². The quantitative estimate of drug-likeness (QED) is 0.539. The molecule has 0 spiro atoms. The highest BCUT2D eigenvalue weighted by Gasteiger charge is 2.14. The van der Waals surface area contributed by atoms with Gasteiger partial charge in [-0.05, 0) is 6.07 Å². The second kappa shape index (κ2) is 3.79. The normalized spacial score (nSPS) is 11.8. The summed E-state index contributed by atoms with van der Waals surface area (Å²) in [5, 5.41) is 16.6. The lowest BCUT2D eigenvalue weighted by atomic mass is 10.3. The minimum absolute atomic E-state index is 0.687. The Morgan fingerprint density at radius 1 is 1.19 bits per heavy atom. The van der Waals surface area contributed by atoms with E-state index in [2.05, 4.69) is 25.4 Å². The van der Waals surface area contributed by atoms with Gasteiger partial charge in [-0.25, -0.2) is 14.0 Å². The summed E-state index contributed by atoms with van der Waals surface area (Å²) in [6.45, 7) is 0. The zero-order chi connectivity index (χ0) is 13.8. The number of nitrogens with one attached hydrogen (secondary N) is 1. The van der Waals surface area contributed by atoms with Crippen molar-refractivity contribution in [2.24, 2.45) is 0 Å². The zero-order valence-corrected chi connectivity index (χ0v) is 11.3. The highest BCUT2D eigenvalue weighted by molar-refractivity contribution is 7.19. The van der Waals surface area contributed by atoms with E-state index in [1.807, 2.05) is 18.3 Å². The van der Waals surface area contributed by atoms with Gasteiger partial charge in [0.05, 0.1) is 18.1 Å². The van der Waals surface area contributed by atoms with Crippen molar-refractivity contribution in [2.45, 2.75) is 0 Å². The number of aromatic nitrogens is 7. The summed E-state index contributed by atoms with van der Waals surface area (Å²) >= 11 is 1.49. The van der Waals surface area contributed by atoms with E-state index < -0.39 is 0 Å². The molecule has 0 unspecified atom stereocenters. The fourth-order valence-corrected chi connectivity index (χ4v) is 3.02. The number of hydrogen-bond acceptors (Lipinski definition) is 6. The summed E-state index contributed by atoms with van der Waals surface area (Å²) in [4.78, 5) is 5.36. The Kier molecular flexibility index (Phi) is 1.95. The molecule has 0 fully saturated rings. The molecule has 102 valence electrons. The van der Waals surface area contributed by atoms with Crippen molar-refractivity contribution in [1.29, 1.82) is 0 Å². The van der Waals surface area contributed by atoms with Crippen molar-refractivity contribution in [2.75, 3.05) is 0 Å². The van der Waals surface area contributed by atoms with Gasteiger partial charge in [-0.1, -0.05) is 11.3 Å². The van der Waals surface area contributed by atoms with Gasteiger partial charge in [0.25, 0.3) is 0 Å². The third-order valence-corrected chi connectivity index (χ3v) is 4.08. The molecule has 0 bridgehead atoms. The van der Waals surface area contributed by atoms with E-state index >= 15 is 0 Å². The van der Waals surface area contributed by atoms with Crippen LogP contribution in [0.15, 0.2) is 41.4 Å². The fraction of sp³-hybridized carbons (Fsp3) is 0. The predicted octanol–water partition coefficient (Wildman–Crippen LogP) is 2.09. The van der Waals surface area contributed by atoms with Crippen molar-refractivity contribution in [3.05, 3.63) is 37.0 Å². The highest BCUT2D eigenvalue weighted by Crippen LogP contribution is 2.26. The maximum Gasteiger partial charge on any atom is 0.221 e. The lowest BCUT2D eigenvalue weighted by molar-refractivity contribution is 0.606. The van der Waals surface area contributed by atoms with Crippen LogP contribution < -0.4 is 0 Å². The SMILES string of the molecule is c1cc(-c2nn3cc(-c4cc5occn5n4)nc3s2)[nH]n1. The number of aromatic amines is 1. The number of imidazole rings is 1. The van der Waals surface area contributed by atoms with E-state index in [0.29, 0.717) is 5.71 Å². The number of nitrogens with zero attached hydrogens (tertiary/aromatic N) is 6. The smallest absolute Gasteiger partial charge is 0.221 e. The molecule has 21 heavy (non-hydrogen) atoms. The van der Waals surface area contributed by atoms with Gasteiger partial charge in [0.1, 0.15) is 17.7 Å². The van der Waals surface area contributed by atoms with Crippen LogP contribution in [0.2, 0.25) is 0 Å². The van der Waals surface area contributed by atoms with Crippen LogP contribution in [0.4, 0.5) is 0 Å². The van der Waals surface area contributed by atoms with Crippen LogP contribution in [-0.2, 0) is 0 Å². The van der Waals surface area contributed by atoms with Crippen molar-refractivity contribution in [3.8, 4) is 22.1 Å².